The Morgan fingerprint density at radius 1 is 1.17 bits per heavy atom. The number of sulfone groups is 1. The summed E-state index contributed by atoms with van der Waals surface area (Å²) in [4.78, 5) is 23.8. The number of ketones is 1. The van der Waals surface area contributed by atoms with E-state index >= 15 is 0 Å². The zero-order chi connectivity index (χ0) is 17.8. The summed E-state index contributed by atoms with van der Waals surface area (Å²) in [5, 5.41) is 2.28. The van der Waals surface area contributed by atoms with Crippen molar-refractivity contribution in [2.45, 2.75) is 48.9 Å². The number of ether oxygens (including phenoxy) is 1. The molecule has 0 fully saturated rings. The number of carbonyl (C=O) groups is 2. The third-order valence-corrected chi connectivity index (χ3v) is 5.35. The molecule has 2 atom stereocenters. The molecule has 1 aromatic rings. The van der Waals surface area contributed by atoms with Crippen molar-refractivity contribution in [1.82, 2.24) is 5.32 Å². The second-order valence-corrected chi connectivity index (χ2v) is 8.67. The molecule has 0 saturated heterocycles. The van der Waals surface area contributed by atoms with E-state index in [-0.39, 0.29) is 4.90 Å². The molecule has 8 heteroatoms. The van der Waals surface area contributed by atoms with Gasteiger partial charge in [0.05, 0.1) is 10.9 Å². The van der Waals surface area contributed by atoms with Gasteiger partial charge in [-0.3, -0.25) is 4.79 Å². The fourth-order valence-electron chi connectivity index (χ4n) is 1.63. The molecule has 128 valence electrons. The van der Waals surface area contributed by atoms with Gasteiger partial charge in [-0.2, -0.15) is 0 Å². The first-order valence-corrected chi connectivity index (χ1v) is 8.89. The zero-order valence-electron chi connectivity index (χ0n) is 13.4. The van der Waals surface area contributed by atoms with Crippen LogP contribution in [0.25, 0.3) is 0 Å². The molecular formula is C15H20ClNO5S. The Balaban J connectivity index is 2.82. The highest BCUT2D eigenvalue weighted by Crippen LogP contribution is 2.20. The molecule has 0 bridgehead atoms. The summed E-state index contributed by atoms with van der Waals surface area (Å²) >= 11 is 5.84. The van der Waals surface area contributed by atoms with E-state index in [2.05, 4.69) is 5.32 Å². The maximum Gasteiger partial charge on any atom is 0.408 e. The Morgan fingerprint density at radius 2 is 1.70 bits per heavy atom. The topological polar surface area (TPSA) is 89.5 Å². The average molecular weight is 362 g/mol. The van der Waals surface area contributed by atoms with Crippen LogP contribution >= 0.6 is 11.6 Å². The number of rotatable bonds is 5. The summed E-state index contributed by atoms with van der Waals surface area (Å²) in [5.41, 5.74) is -0.733. The van der Waals surface area contributed by atoms with Crippen LogP contribution in [0.5, 0.6) is 0 Å². The van der Waals surface area contributed by atoms with Crippen LogP contribution in [-0.2, 0) is 19.4 Å². The normalized spacial score (nSPS) is 14.7. The molecule has 1 aromatic carbocycles. The fourth-order valence-corrected chi connectivity index (χ4v) is 3.42. The Kier molecular flexibility index (Phi) is 6.18. The second-order valence-electron chi connectivity index (χ2n) is 5.94. The maximum absolute atomic E-state index is 12.3. The second kappa shape index (κ2) is 7.31. The van der Waals surface area contributed by atoms with Gasteiger partial charge in [-0.1, -0.05) is 29.8 Å². The number of Topliss-reactive ketones (excluding diaryl/α,β-unsaturated/α-hetero) is 1. The number of alkyl carbamates (subject to hydrolysis) is 1. The van der Waals surface area contributed by atoms with E-state index in [4.69, 9.17) is 16.3 Å². The molecule has 23 heavy (non-hydrogen) atoms. The smallest absolute Gasteiger partial charge is 0.408 e. The lowest BCUT2D eigenvalue weighted by atomic mass is 10.2. The molecule has 0 heterocycles. The molecule has 0 aliphatic rings. The van der Waals surface area contributed by atoms with Gasteiger partial charge in [0.1, 0.15) is 5.60 Å². The minimum Gasteiger partial charge on any atom is -0.444 e. The molecule has 1 unspecified atom stereocenters. The van der Waals surface area contributed by atoms with Crippen molar-refractivity contribution < 1.29 is 22.7 Å². The van der Waals surface area contributed by atoms with Crippen LogP contribution in [0.2, 0.25) is 0 Å². The van der Waals surface area contributed by atoms with E-state index in [1.807, 2.05) is 0 Å². The van der Waals surface area contributed by atoms with Gasteiger partial charge in [0.25, 0.3) is 0 Å². The zero-order valence-corrected chi connectivity index (χ0v) is 14.9. The lowest BCUT2D eigenvalue weighted by Gasteiger charge is -2.22. The van der Waals surface area contributed by atoms with Gasteiger partial charge in [-0.15, -0.1) is 0 Å². The molecule has 0 aliphatic carbocycles. The van der Waals surface area contributed by atoms with Crippen molar-refractivity contribution in [3.05, 3.63) is 30.3 Å². The minimum atomic E-state index is -4.03. The van der Waals surface area contributed by atoms with Crippen molar-refractivity contribution >= 4 is 33.3 Å². The number of halogens is 1. The summed E-state index contributed by atoms with van der Waals surface area (Å²) in [6, 6.07) is 6.31. The third kappa shape index (κ3) is 5.51. The highest BCUT2D eigenvalue weighted by atomic mass is 35.5. The van der Waals surface area contributed by atoms with E-state index in [9.17, 15) is 18.0 Å². The predicted molar refractivity (Wildman–Crippen MR) is 87.1 cm³/mol. The Labute approximate surface area is 141 Å². The van der Waals surface area contributed by atoms with E-state index in [0.29, 0.717) is 0 Å². The number of hydrogen-bond acceptors (Lipinski definition) is 5. The van der Waals surface area contributed by atoms with Gasteiger partial charge in [0, 0.05) is 0 Å². The first-order valence-electron chi connectivity index (χ1n) is 6.91. The van der Waals surface area contributed by atoms with Crippen LogP contribution < -0.4 is 5.32 Å². The summed E-state index contributed by atoms with van der Waals surface area (Å²) in [5.74, 6) is -0.832. The van der Waals surface area contributed by atoms with E-state index in [1.54, 1.807) is 26.8 Å². The van der Waals surface area contributed by atoms with E-state index in [0.717, 1.165) is 0 Å². The number of amides is 1. The standard InChI is InChI=1S/C15H20ClNO5S/c1-10(17-14(19)22-15(2,3)4)12(18)13(16)23(20,21)11-8-6-5-7-9-11/h5-10,13H,1-4H3,(H,17,19)/t10-,13?/m0/s1. The molecule has 0 saturated carbocycles. The van der Waals surface area contributed by atoms with Crippen molar-refractivity contribution in [2.24, 2.45) is 0 Å². The monoisotopic (exact) mass is 361 g/mol. The average Bonchev–Trinajstić information content (AvgIpc) is 2.44. The predicted octanol–water partition coefficient (Wildman–Crippen LogP) is 2.51. The molecule has 0 radical (unpaired) electrons. The Bertz CT molecular complexity index is 667. The summed E-state index contributed by atoms with van der Waals surface area (Å²) in [7, 11) is -4.03. The lowest BCUT2D eigenvalue weighted by molar-refractivity contribution is -0.119. The summed E-state index contributed by atoms with van der Waals surface area (Å²) in [6.07, 6.45) is -0.820. The van der Waals surface area contributed by atoms with Gasteiger partial charge < -0.3 is 10.1 Å². The molecule has 1 amide bonds. The number of hydrogen-bond donors (Lipinski definition) is 1. The molecule has 1 N–H and O–H groups in total. The first-order chi connectivity index (χ1) is 10.4. The number of nitrogens with one attached hydrogen (secondary N) is 1. The third-order valence-electron chi connectivity index (χ3n) is 2.73. The minimum absolute atomic E-state index is 0.0576. The van der Waals surface area contributed by atoms with Crippen molar-refractivity contribution in [3.8, 4) is 0 Å². The number of carbonyl (C=O) groups excluding carboxylic acids is 2. The maximum atomic E-state index is 12.3. The molecule has 6 nitrogen and oxygen atoms in total. The number of alkyl halides is 1. The quantitative estimate of drug-likeness (QED) is 0.814. The van der Waals surface area contributed by atoms with Gasteiger partial charge >= 0.3 is 6.09 Å². The number of benzene rings is 1. The molecule has 0 spiro atoms. The SMILES string of the molecule is C[C@H](NC(=O)OC(C)(C)C)C(=O)C(Cl)S(=O)(=O)c1ccccc1. The molecule has 1 rings (SSSR count). The summed E-state index contributed by atoms with van der Waals surface area (Å²) < 4.78 is 27.8. The molecule has 0 aromatic heterocycles. The summed E-state index contributed by atoms with van der Waals surface area (Å²) in [6.45, 7) is 6.36. The Hall–Kier alpha value is -1.60. The van der Waals surface area contributed by atoms with Gasteiger partial charge in [-0.25, -0.2) is 13.2 Å². The van der Waals surface area contributed by atoms with Crippen LogP contribution in [0.1, 0.15) is 27.7 Å². The van der Waals surface area contributed by atoms with Gasteiger partial charge in [0.2, 0.25) is 9.84 Å². The largest absolute Gasteiger partial charge is 0.444 e. The van der Waals surface area contributed by atoms with Crippen LogP contribution in [0.4, 0.5) is 4.79 Å². The highest BCUT2D eigenvalue weighted by molar-refractivity contribution is 7.94. The van der Waals surface area contributed by atoms with Crippen molar-refractivity contribution in [3.63, 3.8) is 0 Å². The highest BCUT2D eigenvalue weighted by Gasteiger charge is 2.35. The van der Waals surface area contributed by atoms with E-state index in [1.165, 1.54) is 31.2 Å². The fraction of sp³-hybridized carbons (Fsp3) is 0.467. The Morgan fingerprint density at radius 3 is 2.17 bits per heavy atom. The molecule has 0 aliphatic heterocycles. The van der Waals surface area contributed by atoms with Crippen LogP contribution in [-0.4, -0.2) is 36.6 Å². The van der Waals surface area contributed by atoms with Crippen LogP contribution in [0.3, 0.4) is 0 Å². The molecular weight excluding hydrogens is 342 g/mol. The van der Waals surface area contributed by atoms with Crippen LogP contribution in [0.15, 0.2) is 35.2 Å². The van der Waals surface area contributed by atoms with Crippen LogP contribution in [0, 0.1) is 0 Å². The lowest BCUT2D eigenvalue weighted by Crippen LogP contribution is -2.45. The van der Waals surface area contributed by atoms with E-state index < -0.39 is 38.1 Å². The van der Waals surface area contributed by atoms with Crippen molar-refractivity contribution in [1.29, 1.82) is 0 Å². The first kappa shape index (κ1) is 19.4. The van der Waals surface area contributed by atoms with Gasteiger partial charge in [-0.05, 0) is 39.8 Å². The van der Waals surface area contributed by atoms with Crippen molar-refractivity contribution in [2.75, 3.05) is 0 Å². The van der Waals surface area contributed by atoms with Gasteiger partial charge in [0.15, 0.2) is 10.5 Å².